The van der Waals surface area contributed by atoms with Crippen molar-refractivity contribution in [2.24, 2.45) is 5.41 Å². The third-order valence-corrected chi connectivity index (χ3v) is 2.78. The van der Waals surface area contributed by atoms with Gasteiger partial charge in [-0.2, -0.15) is 0 Å². The summed E-state index contributed by atoms with van der Waals surface area (Å²) >= 11 is 0. The molecule has 0 fully saturated rings. The largest absolute Gasteiger partial charge is 0.396 e. The van der Waals surface area contributed by atoms with Gasteiger partial charge in [0.2, 0.25) is 0 Å². The standard InChI is InChI=1S/C14H21NO2/c1-4-11-5-7-12(8-6-11)13(17)15-9-14(2,3)10-16/h5-8,16H,4,9-10H2,1-3H3,(H,15,17). The van der Waals surface area contributed by atoms with Crippen molar-refractivity contribution in [1.29, 1.82) is 0 Å². The summed E-state index contributed by atoms with van der Waals surface area (Å²) in [5.74, 6) is -0.0887. The molecule has 1 aromatic rings. The number of rotatable bonds is 5. The van der Waals surface area contributed by atoms with E-state index in [-0.39, 0.29) is 17.9 Å². The first kappa shape index (κ1) is 13.7. The maximum Gasteiger partial charge on any atom is 0.251 e. The monoisotopic (exact) mass is 235 g/mol. The van der Waals surface area contributed by atoms with Gasteiger partial charge in [-0.05, 0) is 24.1 Å². The van der Waals surface area contributed by atoms with E-state index in [4.69, 9.17) is 5.11 Å². The van der Waals surface area contributed by atoms with E-state index in [9.17, 15) is 4.79 Å². The van der Waals surface area contributed by atoms with Gasteiger partial charge >= 0.3 is 0 Å². The fourth-order valence-electron chi connectivity index (χ4n) is 1.37. The molecule has 1 rings (SSSR count). The van der Waals surface area contributed by atoms with Crippen LogP contribution in [-0.4, -0.2) is 24.2 Å². The maximum atomic E-state index is 11.8. The van der Waals surface area contributed by atoms with Gasteiger partial charge in [0.15, 0.2) is 0 Å². The predicted molar refractivity (Wildman–Crippen MR) is 69.0 cm³/mol. The zero-order valence-electron chi connectivity index (χ0n) is 10.8. The summed E-state index contributed by atoms with van der Waals surface area (Å²) in [5.41, 5.74) is 1.60. The lowest BCUT2D eigenvalue weighted by Crippen LogP contribution is -2.36. The molecule has 0 aliphatic carbocycles. The Kier molecular flexibility index (Phi) is 4.70. The minimum atomic E-state index is -0.279. The van der Waals surface area contributed by atoms with Crippen molar-refractivity contribution in [1.82, 2.24) is 5.32 Å². The van der Waals surface area contributed by atoms with E-state index in [1.54, 1.807) is 0 Å². The summed E-state index contributed by atoms with van der Waals surface area (Å²) in [6.45, 7) is 6.43. The molecule has 0 saturated carbocycles. The number of hydrogen-bond donors (Lipinski definition) is 2. The molecule has 0 spiro atoms. The minimum absolute atomic E-state index is 0.0576. The maximum absolute atomic E-state index is 11.8. The van der Waals surface area contributed by atoms with Crippen LogP contribution in [0.15, 0.2) is 24.3 Å². The van der Waals surface area contributed by atoms with E-state index < -0.39 is 0 Å². The van der Waals surface area contributed by atoms with Crippen LogP contribution in [0.3, 0.4) is 0 Å². The first-order valence-corrected chi connectivity index (χ1v) is 5.96. The van der Waals surface area contributed by atoms with Crippen molar-refractivity contribution in [3.05, 3.63) is 35.4 Å². The molecule has 0 heterocycles. The molecule has 94 valence electrons. The first-order chi connectivity index (χ1) is 7.98. The molecule has 0 unspecified atom stereocenters. The third kappa shape index (κ3) is 4.19. The molecule has 2 N–H and O–H groups in total. The van der Waals surface area contributed by atoms with Crippen LogP contribution in [-0.2, 0) is 6.42 Å². The van der Waals surface area contributed by atoms with Gasteiger partial charge < -0.3 is 10.4 Å². The van der Waals surface area contributed by atoms with Gasteiger partial charge in [0, 0.05) is 24.1 Å². The molecule has 17 heavy (non-hydrogen) atoms. The van der Waals surface area contributed by atoms with Crippen LogP contribution in [0.1, 0.15) is 36.7 Å². The van der Waals surface area contributed by atoms with Crippen LogP contribution in [0.2, 0.25) is 0 Å². The number of hydrogen-bond acceptors (Lipinski definition) is 2. The smallest absolute Gasteiger partial charge is 0.251 e. The molecule has 1 amide bonds. The van der Waals surface area contributed by atoms with Crippen LogP contribution in [0.5, 0.6) is 0 Å². The van der Waals surface area contributed by atoms with E-state index >= 15 is 0 Å². The molecule has 0 aliphatic rings. The van der Waals surface area contributed by atoms with Crippen molar-refractivity contribution in [2.75, 3.05) is 13.2 Å². The molecule has 0 aliphatic heterocycles. The number of aryl methyl sites for hydroxylation is 1. The summed E-state index contributed by atoms with van der Waals surface area (Å²) < 4.78 is 0. The summed E-state index contributed by atoms with van der Waals surface area (Å²) in [6, 6.07) is 7.60. The molecule has 0 radical (unpaired) electrons. The molecular weight excluding hydrogens is 214 g/mol. The fourth-order valence-corrected chi connectivity index (χ4v) is 1.37. The Labute approximate surface area is 103 Å². The second kappa shape index (κ2) is 5.82. The van der Waals surface area contributed by atoms with Gasteiger partial charge in [-0.25, -0.2) is 0 Å². The second-order valence-corrected chi connectivity index (χ2v) is 5.06. The molecule has 0 atom stereocenters. The normalized spacial score (nSPS) is 11.3. The number of aliphatic hydroxyl groups is 1. The van der Waals surface area contributed by atoms with Crippen molar-refractivity contribution in [2.45, 2.75) is 27.2 Å². The number of nitrogens with one attached hydrogen (secondary N) is 1. The molecule has 3 nitrogen and oxygen atoms in total. The zero-order valence-corrected chi connectivity index (χ0v) is 10.8. The van der Waals surface area contributed by atoms with Gasteiger partial charge in [0.05, 0.1) is 0 Å². The third-order valence-electron chi connectivity index (χ3n) is 2.78. The topological polar surface area (TPSA) is 49.3 Å². The highest BCUT2D eigenvalue weighted by molar-refractivity contribution is 5.94. The molecular formula is C14H21NO2. The first-order valence-electron chi connectivity index (χ1n) is 5.96. The fraction of sp³-hybridized carbons (Fsp3) is 0.500. The average Bonchev–Trinajstić information content (AvgIpc) is 2.36. The minimum Gasteiger partial charge on any atom is -0.396 e. The van der Waals surface area contributed by atoms with Gasteiger partial charge in [0.1, 0.15) is 0 Å². The Balaban J connectivity index is 2.58. The van der Waals surface area contributed by atoms with E-state index in [2.05, 4.69) is 12.2 Å². The van der Waals surface area contributed by atoms with Crippen LogP contribution < -0.4 is 5.32 Å². The lowest BCUT2D eigenvalue weighted by Gasteiger charge is -2.21. The highest BCUT2D eigenvalue weighted by Gasteiger charge is 2.17. The Morgan fingerprint density at radius 3 is 2.35 bits per heavy atom. The predicted octanol–water partition coefficient (Wildman–Crippen LogP) is 2.00. The van der Waals surface area contributed by atoms with Gasteiger partial charge in [-0.3, -0.25) is 4.79 Å². The van der Waals surface area contributed by atoms with Gasteiger partial charge in [0.25, 0.3) is 5.91 Å². The number of benzene rings is 1. The summed E-state index contributed by atoms with van der Waals surface area (Å²) in [5, 5.41) is 11.9. The molecule has 0 aromatic heterocycles. The number of carbonyl (C=O) groups is 1. The van der Waals surface area contributed by atoms with Crippen LogP contribution in [0, 0.1) is 5.41 Å². The summed E-state index contributed by atoms with van der Waals surface area (Å²) in [4.78, 5) is 11.8. The summed E-state index contributed by atoms with van der Waals surface area (Å²) in [7, 11) is 0. The Morgan fingerprint density at radius 1 is 1.29 bits per heavy atom. The molecule has 1 aromatic carbocycles. The number of carbonyl (C=O) groups excluding carboxylic acids is 1. The molecule has 0 bridgehead atoms. The summed E-state index contributed by atoms with van der Waals surface area (Å²) in [6.07, 6.45) is 0.972. The van der Waals surface area contributed by atoms with E-state index in [0.29, 0.717) is 12.1 Å². The SMILES string of the molecule is CCc1ccc(C(=O)NCC(C)(C)CO)cc1. The molecule has 3 heteroatoms. The Hall–Kier alpha value is -1.35. The van der Waals surface area contributed by atoms with Gasteiger partial charge in [-0.1, -0.05) is 32.9 Å². The second-order valence-electron chi connectivity index (χ2n) is 5.06. The van der Waals surface area contributed by atoms with Crippen LogP contribution in [0.25, 0.3) is 0 Å². The zero-order chi connectivity index (χ0) is 12.9. The van der Waals surface area contributed by atoms with E-state index in [1.807, 2.05) is 38.1 Å². The van der Waals surface area contributed by atoms with E-state index in [1.165, 1.54) is 5.56 Å². The van der Waals surface area contributed by atoms with Gasteiger partial charge in [-0.15, -0.1) is 0 Å². The highest BCUT2D eigenvalue weighted by Crippen LogP contribution is 2.12. The molecule has 0 saturated heterocycles. The van der Waals surface area contributed by atoms with Crippen LogP contribution >= 0.6 is 0 Å². The van der Waals surface area contributed by atoms with Crippen molar-refractivity contribution >= 4 is 5.91 Å². The van der Waals surface area contributed by atoms with Crippen molar-refractivity contribution in [3.63, 3.8) is 0 Å². The van der Waals surface area contributed by atoms with Crippen molar-refractivity contribution in [3.8, 4) is 0 Å². The Bertz CT molecular complexity index is 368. The number of aliphatic hydroxyl groups excluding tert-OH is 1. The quantitative estimate of drug-likeness (QED) is 0.820. The average molecular weight is 235 g/mol. The lowest BCUT2D eigenvalue weighted by molar-refractivity contribution is 0.0911. The lowest BCUT2D eigenvalue weighted by atomic mass is 9.95. The Morgan fingerprint density at radius 2 is 1.88 bits per heavy atom. The van der Waals surface area contributed by atoms with Crippen molar-refractivity contribution < 1.29 is 9.90 Å². The van der Waals surface area contributed by atoms with E-state index in [0.717, 1.165) is 6.42 Å². The number of amides is 1. The highest BCUT2D eigenvalue weighted by atomic mass is 16.3. The van der Waals surface area contributed by atoms with Crippen LogP contribution in [0.4, 0.5) is 0 Å².